The molecule has 2 aliphatic rings. The van der Waals surface area contributed by atoms with Crippen LogP contribution < -0.4 is 0 Å². The second-order valence-electron chi connectivity index (χ2n) is 6.72. The first-order valence-electron chi connectivity index (χ1n) is 8.57. The Balaban J connectivity index is 1.53. The molecule has 1 N–H and O–H groups in total. The Hall–Kier alpha value is -2.75. The average Bonchev–Trinajstić information content (AvgIpc) is 3.38. The lowest BCUT2D eigenvalue weighted by Gasteiger charge is -2.31. The molecule has 25 heavy (non-hydrogen) atoms. The van der Waals surface area contributed by atoms with Crippen LogP contribution in [-0.4, -0.2) is 39.1 Å². The fraction of sp³-hybridized carbons (Fsp3) is 0.444. The highest BCUT2D eigenvalue weighted by Gasteiger charge is 2.32. The van der Waals surface area contributed by atoms with Gasteiger partial charge in [0.05, 0.1) is 5.56 Å². The highest BCUT2D eigenvalue weighted by Crippen LogP contribution is 2.38. The lowest BCUT2D eigenvalue weighted by Crippen LogP contribution is -2.39. The number of rotatable bonds is 3. The van der Waals surface area contributed by atoms with Gasteiger partial charge >= 0.3 is 0 Å². The number of benzene rings is 1. The van der Waals surface area contributed by atoms with Crippen LogP contribution in [0.5, 0.6) is 0 Å². The van der Waals surface area contributed by atoms with E-state index in [9.17, 15) is 9.18 Å². The number of hydrogen-bond donors (Lipinski definition) is 1. The van der Waals surface area contributed by atoms with Gasteiger partial charge in [-0.05, 0) is 37.8 Å². The van der Waals surface area contributed by atoms with Gasteiger partial charge in [-0.15, -0.1) is 0 Å². The normalized spacial score (nSPS) is 20.3. The van der Waals surface area contributed by atoms with Crippen molar-refractivity contribution in [3.05, 3.63) is 46.8 Å². The Morgan fingerprint density at radius 3 is 2.92 bits per heavy atom. The summed E-state index contributed by atoms with van der Waals surface area (Å²) in [7, 11) is 0. The van der Waals surface area contributed by atoms with E-state index in [-0.39, 0.29) is 23.0 Å². The molecule has 0 spiro atoms. The highest BCUT2D eigenvalue weighted by atomic mass is 19.1. The van der Waals surface area contributed by atoms with Gasteiger partial charge in [0, 0.05) is 24.9 Å². The van der Waals surface area contributed by atoms with E-state index in [0.29, 0.717) is 19.0 Å². The standard InChI is InChI=1S/C18H18FN5O/c19-15-5-1-4-13(14(15)9-20)18(25)24-8-2-3-12(10-24)17-21-16(22-23-17)11-6-7-11/h1,4-5,11-12H,2-3,6-8,10H2,(H,21,22,23). The molecule has 1 atom stereocenters. The summed E-state index contributed by atoms with van der Waals surface area (Å²) in [5.41, 5.74) is -0.0691. The fourth-order valence-corrected chi connectivity index (χ4v) is 3.37. The van der Waals surface area contributed by atoms with Crippen LogP contribution in [0.4, 0.5) is 4.39 Å². The molecule has 6 nitrogen and oxygen atoms in total. The van der Waals surface area contributed by atoms with Crippen molar-refractivity contribution in [1.82, 2.24) is 20.1 Å². The molecule has 0 radical (unpaired) electrons. The number of aromatic amines is 1. The average molecular weight is 339 g/mol. The lowest BCUT2D eigenvalue weighted by molar-refractivity contribution is 0.0703. The number of likely N-dealkylation sites (tertiary alicyclic amines) is 1. The quantitative estimate of drug-likeness (QED) is 0.931. The number of halogens is 1. The maximum absolute atomic E-state index is 13.8. The molecule has 2 aromatic rings. The summed E-state index contributed by atoms with van der Waals surface area (Å²) in [6.07, 6.45) is 4.06. The summed E-state index contributed by atoms with van der Waals surface area (Å²) < 4.78 is 13.8. The van der Waals surface area contributed by atoms with Crippen molar-refractivity contribution >= 4 is 5.91 Å². The minimum absolute atomic E-state index is 0.0699. The molecule has 1 aromatic heterocycles. The molecular formula is C18H18FN5O. The zero-order chi connectivity index (χ0) is 17.4. The highest BCUT2D eigenvalue weighted by molar-refractivity contribution is 5.96. The van der Waals surface area contributed by atoms with Crippen molar-refractivity contribution < 1.29 is 9.18 Å². The SMILES string of the molecule is N#Cc1c(F)cccc1C(=O)N1CCCC(c2n[nH]c(C3CC3)n2)C1. The van der Waals surface area contributed by atoms with Gasteiger partial charge in [-0.3, -0.25) is 9.89 Å². The van der Waals surface area contributed by atoms with Crippen molar-refractivity contribution in [2.24, 2.45) is 0 Å². The number of aromatic nitrogens is 3. The Morgan fingerprint density at radius 1 is 1.32 bits per heavy atom. The van der Waals surface area contributed by atoms with Crippen LogP contribution in [0.3, 0.4) is 0 Å². The number of nitrogens with zero attached hydrogens (tertiary/aromatic N) is 4. The number of nitrogens with one attached hydrogen (secondary N) is 1. The van der Waals surface area contributed by atoms with E-state index in [0.717, 1.165) is 37.3 Å². The number of H-pyrrole nitrogens is 1. The summed E-state index contributed by atoms with van der Waals surface area (Å²) in [6, 6.07) is 5.96. The molecule has 1 saturated carbocycles. The minimum Gasteiger partial charge on any atom is -0.338 e. The van der Waals surface area contributed by atoms with E-state index in [2.05, 4.69) is 15.2 Å². The largest absolute Gasteiger partial charge is 0.338 e. The monoisotopic (exact) mass is 339 g/mol. The first kappa shape index (κ1) is 15.8. The molecule has 2 heterocycles. The van der Waals surface area contributed by atoms with Gasteiger partial charge < -0.3 is 4.90 Å². The molecule has 1 amide bonds. The molecule has 1 aliphatic carbocycles. The third-order valence-electron chi connectivity index (χ3n) is 4.91. The van der Waals surface area contributed by atoms with Crippen LogP contribution in [0.15, 0.2) is 18.2 Å². The molecule has 1 saturated heterocycles. The number of carbonyl (C=O) groups is 1. The second-order valence-corrected chi connectivity index (χ2v) is 6.72. The predicted molar refractivity (Wildman–Crippen MR) is 87.4 cm³/mol. The molecule has 0 bridgehead atoms. The molecule has 7 heteroatoms. The molecule has 1 unspecified atom stereocenters. The molecule has 4 rings (SSSR count). The summed E-state index contributed by atoms with van der Waals surface area (Å²) in [5, 5.41) is 16.5. The zero-order valence-electron chi connectivity index (χ0n) is 13.7. The van der Waals surface area contributed by atoms with Crippen LogP contribution in [-0.2, 0) is 0 Å². The van der Waals surface area contributed by atoms with Crippen molar-refractivity contribution in [3.63, 3.8) is 0 Å². The maximum Gasteiger partial charge on any atom is 0.255 e. The number of carbonyl (C=O) groups excluding carboxylic acids is 1. The van der Waals surface area contributed by atoms with Gasteiger partial charge in [-0.1, -0.05) is 6.07 Å². The summed E-state index contributed by atoms with van der Waals surface area (Å²) in [6.45, 7) is 1.08. The van der Waals surface area contributed by atoms with E-state index >= 15 is 0 Å². The lowest BCUT2D eigenvalue weighted by atomic mass is 9.96. The van der Waals surface area contributed by atoms with Gasteiger partial charge in [0.1, 0.15) is 23.3 Å². The van der Waals surface area contributed by atoms with Crippen molar-refractivity contribution in [2.45, 2.75) is 37.5 Å². The fourth-order valence-electron chi connectivity index (χ4n) is 3.37. The topological polar surface area (TPSA) is 85.7 Å². The molecule has 1 aliphatic heterocycles. The molecule has 2 fully saturated rings. The van der Waals surface area contributed by atoms with Gasteiger partial charge in [-0.2, -0.15) is 10.4 Å². The second kappa shape index (κ2) is 6.28. The van der Waals surface area contributed by atoms with Crippen molar-refractivity contribution in [3.8, 4) is 6.07 Å². The van der Waals surface area contributed by atoms with Crippen LogP contribution >= 0.6 is 0 Å². The van der Waals surface area contributed by atoms with Gasteiger partial charge in [0.15, 0.2) is 5.82 Å². The summed E-state index contributed by atoms with van der Waals surface area (Å²) in [5.74, 6) is 1.30. The first-order chi connectivity index (χ1) is 12.2. The number of amides is 1. The number of piperidine rings is 1. The third kappa shape index (κ3) is 3.00. The van der Waals surface area contributed by atoms with E-state index < -0.39 is 5.82 Å². The smallest absolute Gasteiger partial charge is 0.255 e. The molecule has 1 aromatic carbocycles. The Kier molecular flexibility index (Phi) is 3.96. The minimum atomic E-state index is -0.662. The summed E-state index contributed by atoms with van der Waals surface area (Å²) >= 11 is 0. The number of hydrogen-bond acceptors (Lipinski definition) is 4. The van der Waals surface area contributed by atoms with E-state index in [4.69, 9.17) is 5.26 Å². The molecular weight excluding hydrogens is 321 g/mol. The van der Waals surface area contributed by atoms with Crippen LogP contribution in [0.25, 0.3) is 0 Å². The van der Waals surface area contributed by atoms with E-state index in [1.165, 1.54) is 18.2 Å². The maximum atomic E-state index is 13.8. The van der Waals surface area contributed by atoms with Gasteiger partial charge in [0.2, 0.25) is 0 Å². The molecule has 128 valence electrons. The number of nitriles is 1. The Labute approximate surface area is 144 Å². The van der Waals surface area contributed by atoms with Crippen molar-refractivity contribution in [1.29, 1.82) is 5.26 Å². The van der Waals surface area contributed by atoms with Crippen LogP contribution in [0, 0.1) is 17.1 Å². The van der Waals surface area contributed by atoms with E-state index in [1.54, 1.807) is 11.0 Å². The Morgan fingerprint density at radius 2 is 2.16 bits per heavy atom. The van der Waals surface area contributed by atoms with Crippen LogP contribution in [0.1, 0.15) is 65.1 Å². The zero-order valence-corrected chi connectivity index (χ0v) is 13.7. The Bertz CT molecular complexity index is 851. The first-order valence-corrected chi connectivity index (χ1v) is 8.57. The van der Waals surface area contributed by atoms with E-state index in [1.807, 2.05) is 0 Å². The van der Waals surface area contributed by atoms with Gasteiger partial charge in [0.25, 0.3) is 5.91 Å². The predicted octanol–water partition coefficient (Wildman–Crippen LogP) is 2.71. The van der Waals surface area contributed by atoms with Gasteiger partial charge in [-0.25, -0.2) is 9.37 Å². The van der Waals surface area contributed by atoms with Crippen molar-refractivity contribution in [2.75, 3.05) is 13.1 Å². The third-order valence-corrected chi connectivity index (χ3v) is 4.91. The summed E-state index contributed by atoms with van der Waals surface area (Å²) in [4.78, 5) is 19.1. The van der Waals surface area contributed by atoms with Crippen LogP contribution in [0.2, 0.25) is 0 Å².